The summed E-state index contributed by atoms with van der Waals surface area (Å²) in [5, 5.41) is 6.50. The number of unbranched alkanes of at least 4 members (excludes halogenated alkanes) is 1. The number of halogens is 1. The van der Waals surface area contributed by atoms with Gasteiger partial charge < -0.3 is 15.4 Å². The molecule has 0 aliphatic carbocycles. The fourth-order valence-corrected chi connectivity index (χ4v) is 2.60. The predicted molar refractivity (Wildman–Crippen MR) is 107 cm³/mol. The zero-order valence-electron chi connectivity index (χ0n) is 14.6. The summed E-state index contributed by atoms with van der Waals surface area (Å²) in [5.74, 6) is 1.82. The Morgan fingerprint density at radius 2 is 1.72 bits per heavy atom. The highest BCUT2D eigenvalue weighted by Crippen LogP contribution is 2.17. The third-order valence-corrected chi connectivity index (χ3v) is 3.99. The van der Waals surface area contributed by atoms with E-state index in [0.717, 1.165) is 56.4 Å². The van der Waals surface area contributed by atoms with Crippen molar-refractivity contribution in [3.8, 4) is 5.75 Å². The zero-order valence-corrected chi connectivity index (χ0v) is 15.4. The van der Waals surface area contributed by atoms with E-state index < -0.39 is 0 Å². The van der Waals surface area contributed by atoms with Crippen LogP contribution in [0, 0.1) is 0 Å². The molecule has 25 heavy (non-hydrogen) atoms. The van der Waals surface area contributed by atoms with E-state index in [2.05, 4.69) is 71.1 Å². The summed E-state index contributed by atoms with van der Waals surface area (Å²) in [5.41, 5.74) is 3.65. The molecule has 1 aliphatic heterocycles. The van der Waals surface area contributed by atoms with Crippen molar-refractivity contribution in [2.45, 2.75) is 26.2 Å². The quantitative estimate of drug-likeness (QED) is 0.726. The number of hydrogen-bond acceptors (Lipinski definition) is 4. The van der Waals surface area contributed by atoms with E-state index in [1.165, 1.54) is 11.1 Å². The van der Waals surface area contributed by atoms with Gasteiger partial charge >= 0.3 is 0 Å². The first kappa shape index (κ1) is 19.1. The number of nitrogens with zero attached hydrogens (tertiary/aromatic N) is 1. The molecule has 2 aromatic carbocycles. The van der Waals surface area contributed by atoms with Gasteiger partial charge in [0.15, 0.2) is 5.96 Å². The van der Waals surface area contributed by atoms with Crippen molar-refractivity contribution in [3.05, 3.63) is 59.7 Å². The molecule has 1 aliphatic rings. The molecule has 0 unspecified atom stereocenters. The minimum absolute atomic E-state index is 0. The van der Waals surface area contributed by atoms with Crippen molar-refractivity contribution < 1.29 is 4.74 Å². The fourth-order valence-electron chi connectivity index (χ4n) is 2.60. The lowest BCUT2D eigenvalue weighted by Crippen LogP contribution is -2.26. The maximum atomic E-state index is 5.71. The third kappa shape index (κ3) is 5.98. The van der Waals surface area contributed by atoms with Crippen LogP contribution in [-0.4, -0.2) is 25.7 Å². The normalized spacial score (nSPS) is 12.8. The smallest absolute Gasteiger partial charge is 0.195 e. The van der Waals surface area contributed by atoms with Crippen molar-refractivity contribution in [1.82, 2.24) is 5.32 Å². The molecule has 0 saturated carbocycles. The first-order valence-electron chi connectivity index (χ1n) is 8.69. The largest absolute Gasteiger partial charge is 0.494 e. The van der Waals surface area contributed by atoms with Crippen LogP contribution in [0.2, 0.25) is 0 Å². The minimum Gasteiger partial charge on any atom is -0.494 e. The van der Waals surface area contributed by atoms with Gasteiger partial charge in [0.1, 0.15) is 5.75 Å². The molecule has 2 aromatic rings. The van der Waals surface area contributed by atoms with E-state index in [1.807, 2.05) is 0 Å². The molecule has 2 N–H and O–H groups in total. The van der Waals surface area contributed by atoms with Crippen molar-refractivity contribution in [3.63, 3.8) is 0 Å². The Morgan fingerprint density at radius 3 is 2.32 bits per heavy atom. The van der Waals surface area contributed by atoms with E-state index in [4.69, 9.17) is 4.74 Å². The molecule has 0 fully saturated rings. The number of nitrogens with one attached hydrogen (secondary N) is 2. The van der Waals surface area contributed by atoms with E-state index in [9.17, 15) is 0 Å². The first-order chi connectivity index (χ1) is 11.8. The summed E-state index contributed by atoms with van der Waals surface area (Å²) in [4.78, 5) is 4.34. The highest BCUT2D eigenvalue weighted by Gasteiger charge is 2.05. The lowest BCUT2D eigenvalue weighted by atomic mass is 10.0. The molecule has 0 amide bonds. The van der Waals surface area contributed by atoms with Crippen LogP contribution in [0.3, 0.4) is 0 Å². The van der Waals surface area contributed by atoms with Gasteiger partial charge in [0, 0.05) is 12.2 Å². The third-order valence-electron chi connectivity index (χ3n) is 3.99. The lowest BCUT2D eigenvalue weighted by molar-refractivity contribution is 0.309. The molecule has 1 heterocycles. The van der Waals surface area contributed by atoms with Gasteiger partial charge in [-0.15, -0.1) is 12.4 Å². The van der Waals surface area contributed by atoms with Crippen LogP contribution in [0.25, 0.3) is 0 Å². The molecular weight excluding hydrogens is 334 g/mol. The molecule has 0 atom stereocenters. The number of hydrogen-bond donors (Lipinski definition) is 2. The molecule has 134 valence electrons. The van der Waals surface area contributed by atoms with Gasteiger partial charge in [-0.1, -0.05) is 37.6 Å². The van der Waals surface area contributed by atoms with Gasteiger partial charge in [0.25, 0.3) is 0 Å². The van der Waals surface area contributed by atoms with Gasteiger partial charge in [0.05, 0.1) is 13.2 Å². The zero-order chi connectivity index (χ0) is 16.6. The van der Waals surface area contributed by atoms with Gasteiger partial charge in [0.2, 0.25) is 0 Å². The number of guanidine groups is 1. The Balaban J connectivity index is 0.00000225. The molecule has 0 bridgehead atoms. The van der Waals surface area contributed by atoms with Crippen LogP contribution in [0.4, 0.5) is 5.69 Å². The number of anilines is 1. The number of rotatable bonds is 7. The van der Waals surface area contributed by atoms with Crippen LogP contribution in [0.5, 0.6) is 5.75 Å². The van der Waals surface area contributed by atoms with Gasteiger partial charge in [-0.25, -0.2) is 0 Å². The standard InChI is InChI=1S/C20H25N3O.ClH/c1-2-3-14-24-19-10-6-17(7-11-19)15-16-4-8-18(9-5-16)23-20-21-12-13-22-20;/h4-11H,2-3,12-15H2,1H3,(H2,21,22,23);1H. The molecule has 4 nitrogen and oxygen atoms in total. The number of aliphatic imine (C=N–C) groups is 1. The molecule has 0 saturated heterocycles. The highest BCUT2D eigenvalue weighted by atomic mass is 35.5. The van der Waals surface area contributed by atoms with E-state index in [1.54, 1.807) is 0 Å². The average molecular weight is 360 g/mol. The van der Waals surface area contributed by atoms with Crippen molar-refractivity contribution in [2.24, 2.45) is 4.99 Å². The Labute approximate surface area is 156 Å². The Kier molecular flexibility index (Phi) is 7.61. The second-order valence-electron chi connectivity index (χ2n) is 6.00. The average Bonchev–Trinajstić information content (AvgIpc) is 3.11. The van der Waals surface area contributed by atoms with Crippen LogP contribution in [0.1, 0.15) is 30.9 Å². The molecule has 3 rings (SSSR count). The molecule has 0 radical (unpaired) electrons. The Morgan fingerprint density at radius 1 is 1.04 bits per heavy atom. The van der Waals surface area contributed by atoms with Crippen LogP contribution < -0.4 is 15.4 Å². The van der Waals surface area contributed by atoms with Gasteiger partial charge in [-0.3, -0.25) is 4.99 Å². The van der Waals surface area contributed by atoms with Crippen molar-refractivity contribution in [1.29, 1.82) is 0 Å². The fraction of sp³-hybridized carbons (Fsp3) is 0.350. The second kappa shape index (κ2) is 9.94. The summed E-state index contributed by atoms with van der Waals surface area (Å²) >= 11 is 0. The molecule has 5 heteroatoms. The lowest BCUT2D eigenvalue weighted by Gasteiger charge is -2.09. The van der Waals surface area contributed by atoms with E-state index >= 15 is 0 Å². The van der Waals surface area contributed by atoms with Gasteiger partial charge in [-0.05, 0) is 48.2 Å². The van der Waals surface area contributed by atoms with Crippen LogP contribution in [-0.2, 0) is 6.42 Å². The summed E-state index contributed by atoms with van der Waals surface area (Å²) < 4.78 is 5.71. The topological polar surface area (TPSA) is 45.6 Å². The maximum Gasteiger partial charge on any atom is 0.195 e. The Hall–Kier alpha value is -2.20. The number of benzene rings is 2. The van der Waals surface area contributed by atoms with Crippen molar-refractivity contribution in [2.75, 3.05) is 25.0 Å². The SMILES string of the molecule is CCCCOc1ccc(Cc2ccc(NC3=NCCN3)cc2)cc1.Cl. The first-order valence-corrected chi connectivity index (χ1v) is 8.69. The summed E-state index contributed by atoms with van der Waals surface area (Å²) in [6, 6.07) is 16.9. The summed E-state index contributed by atoms with van der Waals surface area (Å²) in [7, 11) is 0. The highest BCUT2D eigenvalue weighted by molar-refractivity contribution is 5.94. The number of ether oxygens (including phenoxy) is 1. The van der Waals surface area contributed by atoms with Gasteiger partial charge in [-0.2, -0.15) is 0 Å². The predicted octanol–water partition coefficient (Wildman–Crippen LogP) is 4.25. The molecule has 0 spiro atoms. The monoisotopic (exact) mass is 359 g/mol. The van der Waals surface area contributed by atoms with Crippen molar-refractivity contribution >= 4 is 24.1 Å². The van der Waals surface area contributed by atoms with Crippen LogP contribution in [0.15, 0.2) is 53.5 Å². The van der Waals surface area contributed by atoms with E-state index in [-0.39, 0.29) is 12.4 Å². The molecule has 0 aromatic heterocycles. The minimum atomic E-state index is 0. The molecular formula is C20H26ClN3O. The van der Waals surface area contributed by atoms with Crippen LogP contribution >= 0.6 is 12.4 Å². The van der Waals surface area contributed by atoms with E-state index in [0.29, 0.717) is 0 Å². The summed E-state index contributed by atoms with van der Waals surface area (Å²) in [6.07, 6.45) is 3.19. The second-order valence-corrected chi connectivity index (χ2v) is 6.00. The summed E-state index contributed by atoms with van der Waals surface area (Å²) in [6.45, 7) is 4.73. The Bertz CT molecular complexity index is 668. The maximum absolute atomic E-state index is 5.71.